The Bertz CT molecular complexity index is 358. The van der Waals surface area contributed by atoms with Gasteiger partial charge in [0.05, 0.1) is 6.54 Å². The molecule has 0 aromatic heterocycles. The lowest BCUT2D eigenvalue weighted by atomic mass is 10.2. The Labute approximate surface area is 102 Å². The maximum Gasteiger partial charge on any atom is 0.240 e. The molecule has 0 saturated heterocycles. The molecule has 0 aliphatic heterocycles. The van der Waals surface area contributed by atoms with Gasteiger partial charge in [0.2, 0.25) is 5.91 Å². The van der Waals surface area contributed by atoms with Crippen LogP contribution in [-0.4, -0.2) is 42.6 Å². The van der Waals surface area contributed by atoms with Crippen LogP contribution in [0.4, 0.5) is 5.69 Å². The van der Waals surface area contributed by atoms with Gasteiger partial charge in [-0.3, -0.25) is 9.69 Å². The fraction of sp³-hybridized carbons (Fsp3) is 0.462. The maximum atomic E-state index is 12.0. The molecule has 1 aromatic rings. The first-order valence-corrected chi connectivity index (χ1v) is 5.86. The smallest absolute Gasteiger partial charge is 0.240 e. The molecule has 0 spiro atoms. The number of hydrogen-bond acceptors (Lipinski definition) is 3. The van der Waals surface area contributed by atoms with Gasteiger partial charge in [0.25, 0.3) is 0 Å². The van der Waals surface area contributed by atoms with Crippen LogP contribution in [0.25, 0.3) is 0 Å². The number of nitrogens with zero attached hydrogens (tertiary/aromatic N) is 2. The van der Waals surface area contributed by atoms with E-state index in [4.69, 9.17) is 0 Å². The van der Waals surface area contributed by atoms with Crippen molar-refractivity contribution in [2.75, 3.05) is 31.6 Å². The van der Waals surface area contributed by atoms with Crippen molar-refractivity contribution in [1.82, 2.24) is 4.90 Å². The highest BCUT2D eigenvalue weighted by Crippen LogP contribution is 2.17. The topological polar surface area (TPSA) is 43.8 Å². The number of hydrogen-bond donors (Lipinski definition) is 1. The molecule has 0 aliphatic rings. The van der Waals surface area contributed by atoms with Crippen molar-refractivity contribution < 1.29 is 9.90 Å². The molecule has 1 N–H and O–H groups in total. The number of benzene rings is 1. The minimum Gasteiger partial charge on any atom is -0.508 e. The van der Waals surface area contributed by atoms with Crippen molar-refractivity contribution in [2.45, 2.75) is 13.8 Å². The molecule has 4 heteroatoms. The first-order valence-electron chi connectivity index (χ1n) is 5.86. The van der Waals surface area contributed by atoms with E-state index >= 15 is 0 Å². The number of phenolic OH excluding ortho intramolecular Hbond substituents is 1. The van der Waals surface area contributed by atoms with Crippen molar-refractivity contribution in [2.24, 2.45) is 0 Å². The van der Waals surface area contributed by atoms with Crippen LogP contribution in [0.5, 0.6) is 5.75 Å². The van der Waals surface area contributed by atoms with Crippen molar-refractivity contribution in [1.29, 1.82) is 0 Å². The summed E-state index contributed by atoms with van der Waals surface area (Å²) in [5.41, 5.74) is 0.792. The fourth-order valence-electron chi connectivity index (χ4n) is 1.56. The van der Waals surface area contributed by atoms with Crippen LogP contribution in [0.2, 0.25) is 0 Å². The molecular formula is C13H20N2O2. The number of carbonyl (C=O) groups is 1. The summed E-state index contributed by atoms with van der Waals surface area (Å²) in [4.78, 5) is 15.7. The Balaban J connectivity index is 2.66. The lowest BCUT2D eigenvalue weighted by molar-refractivity contribution is -0.119. The lowest BCUT2D eigenvalue weighted by Gasteiger charge is -2.22. The van der Waals surface area contributed by atoms with E-state index in [0.29, 0.717) is 6.54 Å². The summed E-state index contributed by atoms with van der Waals surface area (Å²) in [7, 11) is 1.75. The largest absolute Gasteiger partial charge is 0.508 e. The second-order valence-corrected chi connectivity index (χ2v) is 3.93. The Morgan fingerprint density at radius 3 is 2.18 bits per heavy atom. The highest BCUT2D eigenvalue weighted by molar-refractivity contribution is 5.94. The van der Waals surface area contributed by atoms with E-state index in [1.807, 2.05) is 13.8 Å². The molecule has 0 heterocycles. The Morgan fingerprint density at radius 2 is 1.71 bits per heavy atom. The minimum atomic E-state index is 0.0550. The molecule has 1 amide bonds. The molecule has 94 valence electrons. The highest BCUT2D eigenvalue weighted by Gasteiger charge is 2.13. The van der Waals surface area contributed by atoms with Gasteiger partial charge in [-0.25, -0.2) is 0 Å². The fourth-order valence-corrected chi connectivity index (χ4v) is 1.56. The third kappa shape index (κ3) is 3.75. The van der Waals surface area contributed by atoms with Gasteiger partial charge < -0.3 is 10.0 Å². The molecule has 0 saturated carbocycles. The summed E-state index contributed by atoms with van der Waals surface area (Å²) in [5.74, 6) is 0.262. The van der Waals surface area contributed by atoms with E-state index < -0.39 is 0 Å². The van der Waals surface area contributed by atoms with Crippen LogP contribution < -0.4 is 4.90 Å². The van der Waals surface area contributed by atoms with E-state index in [9.17, 15) is 9.90 Å². The summed E-state index contributed by atoms with van der Waals surface area (Å²) in [6, 6.07) is 6.62. The first-order chi connectivity index (χ1) is 8.08. The summed E-state index contributed by atoms with van der Waals surface area (Å²) in [5, 5.41) is 9.19. The lowest BCUT2D eigenvalue weighted by Crippen LogP contribution is -2.38. The molecule has 4 nitrogen and oxygen atoms in total. The summed E-state index contributed by atoms with van der Waals surface area (Å²) < 4.78 is 0. The van der Waals surface area contributed by atoms with Gasteiger partial charge in [-0.15, -0.1) is 0 Å². The van der Waals surface area contributed by atoms with E-state index in [1.165, 1.54) is 0 Å². The highest BCUT2D eigenvalue weighted by atomic mass is 16.3. The summed E-state index contributed by atoms with van der Waals surface area (Å²) in [6.07, 6.45) is 0. The quantitative estimate of drug-likeness (QED) is 0.846. The van der Waals surface area contributed by atoms with Crippen LogP contribution >= 0.6 is 0 Å². The van der Waals surface area contributed by atoms with Crippen molar-refractivity contribution in [3.05, 3.63) is 24.3 Å². The summed E-state index contributed by atoms with van der Waals surface area (Å²) in [6.45, 7) is 6.23. The molecule has 0 unspecified atom stereocenters. The minimum absolute atomic E-state index is 0.0550. The zero-order chi connectivity index (χ0) is 12.8. The van der Waals surface area contributed by atoms with Gasteiger partial charge in [0, 0.05) is 12.7 Å². The molecule has 17 heavy (non-hydrogen) atoms. The Morgan fingerprint density at radius 1 is 1.18 bits per heavy atom. The molecule has 0 fully saturated rings. The molecular weight excluding hydrogens is 216 g/mol. The van der Waals surface area contributed by atoms with Gasteiger partial charge >= 0.3 is 0 Å². The SMILES string of the molecule is CCN(CC)CC(=O)N(C)c1ccc(O)cc1. The van der Waals surface area contributed by atoms with Gasteiger partial charge in [0.1, 0.15) is 5.75 Å². The monoisotopic (exact) mass is 236 g/mol. The van der Waals surface area contributed by atoms with Crippen molar-refractivity contribution >= 4 is 11.6 Å². The van der Waals surface area contributed by atoms with Crippen LogP contribution in [0.3, 0.4) is 0 Å². The molecule has 0 bridgehead atoms. The van der Waals surface area contributed by atoms with Gasteiger partial charge in [-0.2, -0.15) is 0 Å². The predicted molar refractivity (Wildman–Crippen MR) is 69.3 cm³/mol. The number of carbonyl (C=O) groups excluding carboxylic acids is 1. The average Bonchev–Trinajstić information content (AvgIpc) is 2.35. The third-order valence-corrected chi connectivity index (χ3v) is 2.86. The zero-order valence-electron chi connectivity index (χ0n) is 10.7. The van der Waals surface area contributed by atoms with Crippen LogP contribution in [-0.2, 0) is 4.79 Å². The number of phenols is 1. The number of amides is 1. The van der Waals surface area contributed by atoms with Crippen LogP contribution in [0.15, 0.2) is 24.3 Å². The Kier molecular flexibility index (Phi) is 4.97. The third-order valence-electron chi connectivity index (χ3n) is 2.86. The normalized spacial score (nSPS) is 10.6. The van der Waals surface area contributed by atoms with E-state index in [2.05, 4.69) is 4.90 Å². The predicted octanol–water partition coefficient (Wildman–Crippen LogP) is 1.70. The number of likely N-dealkylation sites (N-methyl/N-ethyl adjacent to an activating group) is 2. The van der Waals surface area contributed by atoms with Crippen LogP contribution in [0.1, 0.15) is 13.8 Å². The van der Waals surface area contributed by atoms with Crippen LogP contribution in [0, 0.1) is 0 Å². The molecule has 0 atom stereocenters. The second kappa shape index (κ2) is 6.25. The van der Waals surface area contributed by atoms with Crippen molar-refractivity contribution in [3.63, 3.8) is 0 Å². The molecule has 0 aliphatic carbocycles. The number of aromatic hydroxyl groups is 1. The summed E-state index contributed by atoms with van der Waals surface area (Å²) >= 11 is 0. The molecule has 0 radical (unpaired) electrons. The zero-order valence-corrected chi connectivity index (χ0v) is 10.7. The van der Waals surface area contributed by atoms with Gasteiger partial charge in [0.15, 0.2) is 0 Å². The standard InChI is InChI=1S/C13H20N2O2/c1-4-15(5-2)10-13(17)14(3)11-6-8-12(16)9-7-11/h6-9,16H,4-5,10H2,1-3H3. The van der Waals surface area contributed by atoms with Crippen molar-refractivity contribution in [3.8, 4) is 5.75 Å². The van der Waals surface area contributed by atoms with E-state index in [-0.39, 0.29) is 11.7 Å². The number of rotatable bonds is 5. The Hall–Kier alpha value is -1.55. The second-order valence-electron chi connectivity index (χ2n) is 3.93. The maximum absolute atomic E-state index is 12.0. The molecule has 1 rings (SSSR count). The van der Waals surface area contributed by atoms with E-state index in [1.54, 1.807) is 36.2 Å². The molecule has 1 aromatic carbocycles. The van der Waals surface area contributed by atoms with Gasteiger partial charge in [-0.1, -0.05) is 13.8 Å². The van der Waals surface area contributed by atoms with E-state index in [0.717, 1.165) is 18.8 Å². The number of anilines is 1. The van der Waals surface area contributed by atoms with Gasteiger partial charge in [-0.05, 0) is 37.4 Å². The average molecular weight is 236 g/mol. The first kappa shape index (κ1) is 13.5.